The van der Waals surface area contributed by atoms with Crippen LogP contribution in [0, 0.1) is 0 Å². The summed E-state index contributed by atoms with van der Waals surface area (Å²) in [5, 5.41) is 2.07. The molecule has 74 valence electrons. The fraction of sp³-hybridized carbons (Fsp3) is 1.00. The minimum absolute atomic E-state index is 0.565. The minimum Gasteiger partial charge on any atom is -0.260 e. The van der Waals surface area contributed by atoms with Crippen LogP contribution >= 0.6 is 31.9 Å². The van der Waals surface area contributed by atoms with Gasteiger partial charge in [-0.15, -0.1) is 0 Å². The predicted octanol–water partition coefficient (Wildman–Crippen LogP) is 3.09. The van der Waals surface area contributed by atoms with Crippen molar-refractivity contribution in [3.8, 4) is 0 Å². The Balaban J connectivity index is 3.10. The van der Waals surface area contributed by atoms with Gasteiger partial charge in [0.05, 0.1) is 0 Å². The van der Waals surface area contributed by atoms with Crippen LogP contribution < -0.4 is 0 Å². The standard InChI is InChI=1S/C8H16Br2OS/c9-5-1-3-7-12(11)8-4-2-6-10/h1-8H2. The molecule has 0 unspecified atom stereocenters. The lowest BCUT2D eigenvalue weighted by atomic mass is 10.4. The van der Waals surface area contributed by atoms with E-state index in [1.807, 2.05) is 0 Å². The molecular weight excluding hydrogens is 304 g/mol. The molecule has 0 aliphatic rings. The first-order chi connectivity index (χ1) is 5.81. The number of alkyl halides is 2. The first kappa shape index (κ1) is 13.1. The van der Waals surface area contributed by atoms with Gasteiger partial charge in [0.2, 0.25) is 0 Å². The highest BCUT2D eigenvalue weighted by atomic mass is 79.9. The fourth-order valence-electron chi connectivity index (χ4n) is 0.817. The van der Waals surface area contributed by atoms with E-state index >= 15 is 0 Å². The van der Waals surface area contributed by atoms with Gasteiger partial charge in [-0.1, -0.05) is 31.9 Å². The van der Waals surface area contributed by atoms with Gasteiger partial charge in [-0.2, -0.15) is 0 Å². The Morgan fingerprint density at radius 1 is 0.833 bits per heavy atom. The van der Waals surface area contributed by atoms with Crippen LogP contribution in [0.3, 0.4) is 0 Å². The Morgan fingerprint density at radius 2 is 1.25 bits per heavy atom. The molecule has 0 atom stereocenters. The maximum atomic E-state index is 11.3. The Kier molecular flexibility index (Phi) is 11.1. The molecule has 0 saturated carbocycles. The van der Waals surface area contributed by atoms with Crippen LogP contribution in [-0.2, 0) is 10.8 Å². The van der Waals surface area contributed by atoms with E-state index in [-0.39, 0.29) is 0 Å². The second-order valence-corrected chi connectivity index (χ2v) is 5.92. The summed E-state index contributed by atoms with van der Waals surface area (Å²) < 4.78 is 11.3. The zero-order chi connectivity index (χ0) is 9.23. The molecule has 0 aromatic heterocycles. The third-order valence-electron chi connectivity index (χ3n) is 1.51. The topological polar surface area (TPSA) is 17.1 Å². The average molecular weight is 320 g/mol. The van der Waals surface area contributed by atoms with E-state index in [1.54, 1.807) is 0 Å². The Bertz CT molecular complexity index is 108. The summed E-state index contributed by atoms with van der Waals surface area (Å²) >= 11 is 6.72. The Labute approximate surface area is 94.4 Å². The lowest BCUT2D eigenvalue weighted by Crippen LogP contribution is -2.03. The summed E-state index contributed by atoms with van der Waals surface area (Å²) in [5.41, 5.74) is 0. The van der Waals surface area contributed by atoms with E-state index in [2.05, 4.69) is 31.9 Å². The van der Waals surface area contributed by atoms with E-state index < -0.39 is 10.8 Å². The van der Waals surface area contributed by atoms with Crippen LogP contribution in [0.2, 0.25) is 0 Å². The van der Waals surface area contributed by atoms with Crippen molar-refractivity contribution < 1.29 is 4.21 Å². The SMILES string of the molecule is O=S(CCCCBr)CCCCBr. The van der Waals surface area contributed by atoms with Gasteiger partial charge in [-0.05, 0) is 25.7 Å². The van der Waals surface area contributed by atoms with Crippen LogP contribution in [0.4, 0.5) is 0 Å². The fourth-order valence-corrected chi connectivity index (χ4v) is 2.87. The van der Waals surface area contributed by atoms with Crippen molar-refractivity contribution in [3.63, 3.8) is 0 Å². The molecule has 0 heterocycles. The van der Waals surface area contributed by atoms with Crippen LogP contribution in [0.1, 0.15) is 25.7 Å². The molecule has 0 radical (unpaired) electrons. The van der Waals surface area contributed by atoms with E-state index in [1.165, 1.54) is 0 Å². The predicted molar refractivity (Wildman–Crippen MR) is 63.9 cm³/mol. The van der Waals surface area contributed by atoms with Crippen LogP contribution in [0.5, 0.6) is 0 Å². The van der Waals surface area contributed by atoms with Crippen LogP contribution in [0.15, 0.2) is 0 Å². The number of hydrogen-bond acceptors (Lipinski definition) is 1. The van der Waals surface area contributed by atoms with Crippen molar-refractivity contribution in [1.82, 2.24) is 0 Å². The molecule has 4 heteroatoms. The maximum Gasteiger partial charge on any atom is 0.0235 e. The Morgan fingerprint density at radius 3 is 1.58 bits per heavy atom. The summed E-state index contributed by atoms with van der Waals surface area (Å²) in [4.78, 5) is 0. The Hall–Kier alpha value is 1.11. The average Bonchev–Trinajstić information content (AvgIpc) is 2.06. The monoisotopic (exact) mass is 318 g/mol. The summed E-state index contributed by atoms with van der Waals surface area (Å²) in [6.45, 7) is 0. The molecule has 0 aliphatic carbocycles. The molecule has 0 spiro atoms. The molecule has 0 aromatic rings. The summed E-state index contributed by atoms with van der Waals surface area (Å²) in [5.74, 6) is 1.77. The number of unbranched alkanes of at least 4 members (excludes halogenated alkanes) is 2. The molecule has 0 aromatic carbocycles. The van der Waals surface area contributed by atoms with E-state index in [0.717, 1.165) is 47.8 Å². The van der Waals surface area contributed by atoms with E-state index in [4.69, 9.17) is 0 Å². The molecule has 1 nitrogen and oxygen atoms in total. The third kappa shape index (κ3) is 9.20. The van der Waals surface area contributed by atoms with Crippen molar-refractivity contribution in [2.75, 3.05) is 22.2 Å². The van der Waals surface area contributed by atoms with Gasteiger partial charge in [-0.3, -0.25) is 4.21 Å². The van der Waals surface area contributed by atoms with Gasteiger partial charge < -0.3 is 0 Å². The van der Waals surface area contributed by atoms with Crippen molar-refractivity contribution in [3.05, 3.63) is 0 Å². The van der Waals surface area contributed by atoms with Gasteiger partial charge in [0.25, 0.3) is 0 Å². The highest BCUT2D eigenvalue weighted by Gasteiger charge is 1.98. The zero-order valence-electron chi connectivity index (χ0n) is 7.23. The van der Waals surface area contributed by atoms with Crippen molar-refractivity contribution in [1.29, 1.82) is 0 Å². The summed E-state index contributed by atoms with van der Waals surface area (Å²) in [6, 6.07) is 0. The van der Waals surface area contributed by atoms with Crippen LogP contribution in [-0.4, -0.2) is 26.4 Å². The number of hydrogen-bond donors (Lipinski definition) is 0. The molecule has 0 saturated heterocycles. The smallest absolute Gasteiger partial charge is 0.0235 e. The van der Waals surface area contributed by atoms with Gasteiger partial charge >= 0.3 is 0 Å². The summed E-state index contributed by atoms with van der Waals surface area (Å²) in [6.07, 6.45) is 4.46. The first-order valence-corrected chi connectivity index (χ1v) is 8.01. The lowest BCUT2D eigenvalue weighted by molar-refractivity contribution is 0.676. The molecule has 12 heavy (non-hydrogen) atoms. The number of rotatable bonds is 8. The molecule has 0 fully saturated rings. The minimum atomic E-state index is -0.565. The first-order valence-electron chi connectivity index (χ1n) is 4.28. The molecule has 0 N–H and O–H groups in total. The lowest BCUT2D eigenvalue weighted by Gasteiger charge is -1.99. The third-order valence-corrected chi connectivity index (χ3v) is 4.12. The largest absolute Gasteiger partial charge is 0.260 e. The quantitative estimate of drug-likeness (QED) is 0.496. The second kappa shape index (κ2) is 10.2. The normalized spacial score (nSPS) is 10.9. The van der Waals surface area contributed by atoms with Gasteiger partial charge in [0.15, 0.2) is 0 Å². The molecule has 0 aliphatic heterocycles. The second-order valence-electron chi connectivity index (χ2n) is 2.64. The molecule has 0 bridgehead atoms. The maximum absolute atomic E-state index is 11.3. The van der Waals surface area contributed by atoms with Crippen molar-refractivity contribution in [2.45, 2.75) is 25.7 Å². The molecular formula is C8H16Br2OS. The van der Waals surface area contributed by atoms with Crippen molar-refractivity contribution in [2.24, 2.45) is 0 Å². The van der Waals surface area contributed by atoms with Gasteiger partial charge in [0.1, 0.15) is 0 Å². The highest BCUT2D eigenvalue weighted by molar-refractivity contribution is 9.09. The highest BCUT2D eigenvalue weighted by Crippen LogP contribution is 2.00. The van der Waals surface area contributed by atoms with Gasteiger partial charge in [-0.25, -0.2) is 0 Å². The van der Waals surface area contributed by atoms with E-state index in [0.29, 0.717) is 0 Å². The van der Waals surface area contributed by atoms with E-state index in [9.17, 15) is 4.21 Å². The van der Waals surface area contributed by atoms with Crippen molar-refractivity contribution >= 4 is 42.7 Å². The van der Waals surface area contributed by atoms with Crippen LogP contribution in [0.25, 0.3) is 0 Å². The summed E-state index contributed by atoms with van der Waals surface area (Å²) in [7, 11) is -0.565. The molecule has 0 amide bonds. The van der Waals surface area contributed by atoms with Gasteiger partial charge in [0, 0.05) is 33.0 Å². The zero-order valence-corrected chi connectivity index (χ0v) is 11.2. The molecule has 0 rings (SSSR count). The number of halogens is 2.